The van der Waals surface area contributed by atoms with Gasteiger partial charge in [-0.1, -0.05) is 20.8 Å². The molecule has 0 unspecified atom stereocenters. The molecule has 3 heterocycles. The van der Waals surface area contributed by atoms with E-state index >= 15 is 0 Å². The van der Waals surface area contributed by atoms with Crippen molar-refractivity contribution in [2.75, 3.05) is 36.0 Å². The van der Waals surface area contributed by atoms with E-state index in [1.165, 1.54) is 35.2 Å². The fraction of sp³-hybridized carbons (Fsp3) is 0.647. The average Bonchev–Trinajstić information content (AvgIpc) is 3.24. The first-order valence-electron chi connectivity index (χ1n) is 8.70. The van der Waals surface area contributed by atoms with E-state index in [9.17, 15) is 0 Å². The normalized spacial score (nSPS) is 18.1. The molecular formula is C17H24N6S. The summed E-state index contributed by atoms with van der Waals surface area (Å²) in [5, 5.41) is 0. The van der Waals surface area contributed by atoms with Gasteiger partial charge in [0.15, 0.2) is 5.82 Å². The van der Waals surface area contributed by atoms with Crippen LogP contribution >= 0.6 is 11.7 Å². The Morgan fingerprint density at radius 1 is 1.00 bits per heavy atom. The van der Waals surface area contributed by atoms with E-state index in [0.29, 0.717) is 0 Å². The van der Waals surface area contributed by atoms with Crippen LogP contribution in [0.1, 0.15) is 44.3 Å². The first-order chi connectivity index (χ1) is 11.5. The Morgan fingerprint density at radius 3 is 2.42 bits per heavy atom. The molecule has 0 N–H and O–H groups in total. The number of rotatable bonds is 2. The predicted molar refractivity (Wildman–Crippen MR) is 97.1 cm³/mol. The number of aryl methyl sites for hydroxylation is 1. The van der Waals surface area contributed by atoms with Crippen LogP contribution in [0, 0.1) is 0 Å². The van der Waals surface area contributed by atoms with Gasteiger partial charge in [0.2, 0.25) is 0 Å². The minimum Gasteiger partial charge on any atom is -0.353 e. The fourth-order valence-electron chi connectivity index (χ4n) is 3.46. The molecule has 1 saturated heterocycles. The fourth-order valence-corrected chi connectivity index (χ4v) is 3.89. The molecule has 1 aliphatic carbocycles. The number of hydrogen-bond donors (Lipinski definition) is 0. The number of nitrogens with zero attached hydrogens (tertiary/aromatic N) is 6. The maximum absolute atomic E-state index is 5.00. The van der Waals surface area contributed by atoms with Gasteiger partial charge >= 0.3 is 0 Å². The van der Waals surface area contributed by atoms with Gasteiger partial charge in [-0.2, -0.15) is 8.75 Å². The summed E-state index contributed by atoms with van der Waals surface area (Å²) in [4.78, 5) is 14.6. The van der Waals surface area contributed by atoms with Crippen LogP contribution in [0.3, 0.4) is 0 Å². The Balaban J connectivity index is 1.59. The zero-order valence-corrected chi connectivity index (χ0v) is 15.4. The first kappa shape index (κ1) is 15.7. The van der Waals surface area contributed by atoms with Crippen molar-refractivity contribution in [3.63, 3.8) is 0 Å². The lowest BCUT2D eigenvalue weighted by molar-refractivity contribution is 0.538. The molecule has 128 valence electrons. The summed E-state index contributed by atoms with van der Waals surface area (Å²) >= 11 is 1.28. The molecule has 1 aliphatic heterocycles. The number of fused-ring (bicyclic) bond motifs is 1. The number of hydrogen-bond acceptors (Lipinski definition) is 7. The van der Waals surface area contributed by atoms with Crippen LogP contribution in [0.2, 0.25) is 0 Å². The van der Waals surface area contributed by atoms with E-state index in [1.807, 2.05) is 6.20 Å². The molecule has 0 aromatic carbocycles. The van der Waals surface area contributed by atoms with E-state index in [0.717, 1.165) is 50.7 Å². The van der Waals surface area contributed by atoms with E-state index < -0.39 is 0 Å². The van der Waals surface area contributed by atoms with Crippen molar-refractivity contribution < 1.29 is 0 Å². The maximum Gasteiger partial charge on any atom is 0.162 e. The van der Waals surface area contributed by atoms with Crippen molar-refractivity contribution in [3.05, 3.63) is 23.3 Å². The summed E-state index contributed by atoms with van der Waals surface area (Å²) in [6, 6.07) is 0. The molecule has 6 nitrogen and oxygen atoms in total. The largest absolute Gasteiger partial charge is 0.353 e. The number of piperazine rings is 1. The van der Waals surface area contributed by atoms with Gasteiger partial charge < -0.3 is 9.80 Å². The standard InChI is InChI=1S/C17H24N6S/c1-17(2,3)16-19-13-6-4-5-12(13)15(20-16)23-9-7-22(8-10-23)14-11-18-24-21-14/h11H,4-10H2,1-3H3. The van der Waals surface area contributed by atoms with Crippen molar-refractivity contribution >= 4 is 23.4 Å². The molecule has 0 amide bonds. The molecule has 1 fully saturated rings. The molecule has 2 aromatic rings. The molecule has 4 rings (SSSR count). The Kier molecular flexibility index (Phi) is 3.90. The van der Waals surface area contributed by atoms with Gasteiger partial charge in [0.1, 0.15) is 11.6 Å². The van der Waals surface area contributed by atoms with Crippen LogP contribution in [-0.2, 0) is 18.3 Å². The third-order valence-corrected chi connectivity index (χ3v) is 5.30. The van der Waals surface area contributed by atoms with Crippen LogP contribution in [0.25, 0.3) is 0 Å². The van der Waals surface area contributed by atoms with E-state index in [4.69, 9.17) is 9.97 Å². The minimum atomic E-state index is -0.0134. The highest BCUT2D eigenvalue weighted by molar-refractivity contribution is 6.99. The molecule has 0 spiro atoms. The third kappa shape index (κ3) is 2.85. The van der Waals surface area contributed by atoms with Crippen molar-refractivity contribution in [1.29, 1.82) is 0 Å². The summed E-state index contributed by atoms with van der Waals surface area (Å²) in [5.74, 6) is 3.16. The van der Waals surface area contributed by atoms with Crippen LogP contribution in [0.15, 0.2) is 6.20 Å². The summed E-state index contributed by atoms with van der Waals surface area (Å²) in [6.45, 7) is 10.5. The molecule has 0 saturated carbocycles. The Hall–Kier alpha value is -1.76. The van der Waals surface area contributed by atoms with Gasteiger partial charge in [-0.15, -0.1) is 0 Å². The third-order valence-electron chi connectivity index (χ3n) is 4.83. The second-order valence-corrected chi connectivity index (χ2v) is 8.20. The summed E-state index contributed by atoms with van der Waals surface area (Å²) in [6.07, 6.45) is 5.28. The van der Waals surface area contributed by atoms with Gasteiger partial charge in [-0.3, -0.25) is 0 Å². The van der Waals surface area contributed by atoms with Crippen LogP contribution < -0.4 is 9.80 Å². The Morgan fingerprint density at radius 2 is 1.75 bits per heavy atom. The van der Waals surface area contributed by atoms with Gasteiger partial charge in [0.05, 0.1) is 17.9 Å². The van der Waals surface area contributed by atoms with Crippen molar-refractivity contribution in [2.24, 2.45) is 0 Å². The molecule has 24 heavy (non-hydrogen) atoms. The quantitative estimate of drug-likeness (QED) is 0.834. The van der Waals surface area contributed by atoms with Gasteiger partial charge in [-0.05, 0) is 19.3 Å². The molecule has 0 atom stereocenters. The highest BCUT2D eigenvalue weighted by Crippen LogP contribution is 2.32. The van der Waals surface area contributed by atoms with Gasteiger partial charge in [0, 0.05) is 42.9 Å². The summed E-state index contributed by atoms with van der Waals surface area (Å²) in [5.41, 5.74) is 2.64. The first-order valence-corrected chi connectivity index (χ1v) is 9.43. The molecule has 2 aliphatic rings. The molecule has 0 radical (unpaired) electrons. The second-order valence-electron chi connectivity index (χ2n) is 7.64. The summed E-state index contributed by atoms with van der Waals surface area (Å²) < 4.78 is 8.47. The molecule has 0 bridgehead atoms. The highest BCUT2D eigenvalue weighted by Gasteiger charge is 2.29. The van der Waals surface area contributed by atoms with Crippen molar-refractivity contribution in [2.45, 2.75) is 45.4 Å². The van der Waals surface area contributed by atoms with Crippen LogP contribution in [0.4, 0.5) is 11.6 Å². The summed E-state index contributed by atoms with van der Waals surface area (Å²) in [7, 11) is 0. The zero-order chi connectivity index (χ0) is 16.7. The Bertz CT molecular complexity index is 713. The predicted octanol–water partition coefficient (Wildman–Crippen LogP) is 2.44. The van der Waals surface area contributed by atoms with Gasteiger partial charge in [-0.25, -0.2) is 9.97 Å². The lowest BCUT2D eigenvalue weighted by atomic mass is 9.95. The van der Waals surface area contributed by atoms with Crippen LogP contribution in [-0.4, -0.2) is 44.9 Å². The topological polar surface area (TPSA) is 58.0 Å². The van der Waals surface area contributed by atoms with E-state index in [1.54, 1.807) is 0 Å². The molecular weight excluding hydrogens is 320 g/mol. The minimum absolute atomic E-state index is 0.0134. The van der Waals surface area contributed by atoms with Crippen molar-refractivity contribution in [3.8, 4) is 0 Å². The lowest BCUT2D eigenvalue weighted by Gasteiger charge is -2.36. The van der Waals surface area contributed by atoms with Crippen LogP contribution in [0.5, 0.6) is 0 Å². The average molecular weight is 344 g/mol. The highest BCUT2D eigenvalue weighted by atomic mass is 32.1. The SMILES string of the molecule is CC(C)(C)c1nc2c(c(N3CCN(c4cnsn4)CC3)n1)CCC2. The van der Waals surface area contributed by atoms with E-state index in [2.05, 4.69) is 39.3 Å². The lowest BCUT2D eigenvalue weighted by Crippen LogP contribution is -2.47. The molecule has 2 aromatic heterocycles. The van der Waals surface area contributed by atoms with Crippen molar-refractivity contribution in [1.82, 2.24) is 18.7 Å². The maximum atomic E-state index is 5.00. The zero-order valence-electron chi connectivity index (χ0n) is 14.6. The number of anilines is 2. The Labute approximate surface area is 147 Å². The number of aromatic nitrogens is 4. The monoisotopic (exact) mass is 344 g/mol. The van der Waals surface area contributed by atoms with E-state index in [-0.39, 0.29) is 5.41 Å². The smallest absolute Gasteiger partial charge is 0.162 e. The molecule has 7 heteroatoms. The van der Waals surface area contributed by atoms with Gasteiger partial charge in [0.25, 0.3) is 0 Å². The second kappa shape index (κ2) is 5.95.